The molecule has 0 saturated carbocycles. The zero-order valence-corrected chi connectivity index (χ0v) is 16.5. The van der Waals surface area contributed by atoms with Gasteiger partial charge in [0.05, 0.1) is 6.61 Å². The van der Waals surface area contributed by atoms with Crippen molar-refractivity contribution in [3.63, 3.8) is 0 Å². The second-order valence-corrected chi connectivity index (χ2v) is 8.45. The van der Waals surface area contributed by atoms with Crippen molar-refractivity contribution in [2.45, 2.75) is 17.7 Å². The van der Waals surface area contributed by atoms with Gasteiger partial charge in [0.1, 0.15) is 10.6 Å². The number of aromatic nitrogens is 1. The molecule has 2 atom stereocenters. The predicted molar refractivity (Wildman–Crippen MR) is 100 cm³/mol. The first kappa shape index (κ1) is 21.2. The van der Waals surface area contributed by atoms with Crippen LogP contribution in [0.2, 0.25) is 0 Å². The number of hydrogen-bond acceptors (Lipinski definition) is 5. The lowest BCUT2D eigenvalue weighted by Crippen LogP contribution is -2.33. The highest BCUT2D eigenvalue weighted by Gasteiger charge is 2.32. The summed E-state index contributed by atoms with van der Waals surface area (Å²) in [5.41, 5.74) is 0.317. The maximum Gasteiger partial charge on any atom is 0.270 e. The number of aromatic amines is 1. The molecule has 1 amide bonds. The van der Waals surface area contributed by atoms with Gasteiger partial charge < -0.3 is 19.9 Å². The molecule has 2 saturated heterocycles. The third kappa shape index (κ3) is 4.77. The van der Waals surface area contributed by atoms with Gasteiger partial charge >= 0.3 is 0 Å². The topological polar surface area (TPSA) is 104 Å². The molecule has 8 nitrogen and oxygen atoms in total. The fraction of sp³-hybridized carbons (Fsp3) is 0.688. The fourth-order valence-corrected chi connectivity index (χ4v) is 4.61. The number of nitrogens with zero attached hydrogens (tertiary/aromatic N) is 1. The van der Waals surface area contributed by atoms with Gasteiger partial charge in [-0.1, -0.05) is 0 Å². The highest BCUT2D eigenvalue weighted by molar-refractivity contribution is 7.89. The van der Waals surface area contributed by atoms with Crippen LogP contribution in [0.1, 0.15) is 23.3 Å². The molecule has 0 aliphatic carbocycles. The number of methoxy groups -OCH3 is 1. The van der Waals surface area contributed by atoms with Gasteiger partial charge in [-0.05, 0) is 43.8 Å². The summed E-state index contributed by atoms with van der Waals surface area (Å²) < 4.78 is 31.7. The van der Waals surface area contributed by atoms with Gasteiger partial charge in [0.15, 0.2) is 0 Å². The van der Waals surface area contributed by atoms with E-state index in [0.29, 0.717) is 24.1 Å². The van der Waals surface area contributed by atoms with Crippen molar-refractivity contribution in [2.75, 3.05) is 46.4 Å². The van der Waals surface area contributed by atoms with E-state index < -0.39 is 10.0 Å². The first-order valence-electron chi connectivity index (χ1n) is 8.68. The smallest absolute Gasteiger partial charge is 0.270 e. The summed E-state index contributed by atoms with van der Waals surface area (Å²) in [4.78, 5) is 17.4. The van der Waals surface area contributed by atoms with Crippen molar-refractivity contribution >= 4 is 28.3 Å². The van der Waals surface area contributed by atoms with E-state index in [4.69, 9.17) is 4.74 Å². The molecule has 1 aromatic heterocycles. The van der Waals surface area contributed by atoms with Crippen LogP contribution in [0.4, 0.5) is 0 Å². The Morgan fingerprint density at radius 2 is 1.96 bits per heavy atom. The minimum absolute atomic E-state index is 0. The third-order valence-corrected chi connectivity index (χ3v) is 6.54. The lowest BCUT2D eigenvalue weighted by molar-refractivity contribution is 0.0753. The number of halogens is 1. The molecule has 2 aliphatic rings. The van der Waals surface area contributed by atoms with E-state index in [1.807, 2.05) is 4.90 Å². The number of amides is 1. The summed E-state index contributed by atoms with van der Waals surface area (Å²) in [5.74, 6) is 1.15. The van der Waals surface area contributed by atoms with Crippen LogP contribution in [-0.2, 0) is 14.8 Å². The Kier molecular flexibility index (Phi) is 7.48. The van der Waals surface area contributed by atoms with E-state index in [0.717, 1.165) is 39.0 Å². The number of ether oxygens (including phenoxy) is 1. The molecule has 0 unspecified atom stereocenters. The molecule has 0 radical (unpaired) electrons. The minimum Gasteiger partial charge on any atom is -0.383 e. The Bertz CT molecular complexity index is 695. The van der Waals surface area contributed by atoms with Crippen LogP contribution in [0, 0.1) is 11.8 Å². The van der Waals surface area contributed by atoms with Crippen LogP contribution < -0.4 is 10.0 Å². The van der Waals surface area contributed by atoms with Crippen LogP contribution in [-0.4, -0.2) is 70.6 Å². The molecule has 0 bridgehead atoms. The second-order valence-electron chi connectivity index (χ2n) is 6.69. The second kappa shape index (κ2) is 9.18. The number of carbonyl (C=O) groups excluding carboxylic acids is 1. The average Bonchev–Trinajstić information content (AvgIpc) is 3.21. The quantitative estimate of drug-likeness (QED) is 0.594. The fourth-order valence-electron chi connectivity index (χ4n) is 3.61. The maximum absolute atomic E-state index is 12.7. The average molecular weight is 407 g/mol. The van der Waals surface area contributed by atoms with Crippen molar-refractivity contribution < 1.29 is 17.9 Å². The summed E-state index contributed by atoms with van der Waals surface area (Å²) in [6.45, 7) is 3.98. The third-order valence-electron chi connectivity index (χ3n) is 5.10. The van der Waals surface area contributed by atoms with Gasteiger partial charge in [0.25, 0.3) is 5.91 Å². The molecule has 3 heterocycles. The Hall–Kier alpha value is -1.13. The molecule has 2 aliphatic heterocycles. The number of hydrogen-bond donors (Lipinski definition) is 3. The highest BCUT2D eigenvalue weighted by atomic mass is 35.5. The largest absolute Gasteiger partial charge is 0.383 e. The molecule has 2 fully saturated rings. The maximum atomic E-state index is 12.7. The normalized spacial score (nSPS) is 23.2. The van der Waals surface area contributed by atoms with Crippen molar-refractivity contribution in [2.24, 2.45) is 11.8 Å². The van der Waals surface area contributed by atoms with E-state index in [9.17, 15) is 13.2 Å². The first-order chi connectivity index (χ1) is 12.0. The van der Waals surface area contributed by atoms with Crippen molar-refractivity contribution in [1.29, 1.82) is 0 Å². The van der Waals surface area contributed by atoms with Gasteiger partial charge in [-0.3, -0.25) is 4.79 Å². The summed E-state index contributed by atoms with van der Waals surface area (Å²) >= 11 is 0. The lowest BCUT2D eigenvalue weighted by Gasteiger charge is -2.20. The molecule has 26 heavy (non-hydrogen) atoms. The molecular formula is C16H27ClN4O4S. The molecule has 0 spiro atoms. The number of carbonyl (C=O) groups is 1. The van der Waals surface area contributed by atoms with Gasteiger partial charge in [-0.25, -0.2) is 13.1 Å². The predicted octanol–water partition coefficient (Wildman–Crippen LogP) is 0.433. The van der Waals surface area contributed by atoms with Crippen molar-refractivity contribution in [3.8, 4) is 0 Å². The summed E-state index contributed by atoms with van der Waals surface area (Å²) in [6, 6.07) is 1.41. The molecule has 3 N–H and O–H groups in total. The van der Waals surface area contributed by atoms with Crippen LogP contribution >= 0.6 is 12.4 Å². The minimum atomic E-state index is -3.64. The Morgan fingerprint density at radius 3 is 2.58 bits per heavy atom. The van der Waals surface area contributed by atoms with Gasteiger partial charge in [0.2, 0.25) is 10.0 Å². The molecular weight excluding hydrogens is 380 g/mol. The molecule has 3 rings (SSSR count). The molecule has 1 aromatic rings. The van der Waals surface area contributed by atoms with Crippen molar-refractivity contribution in [1.82, 2.24) is 19.9 Å². The summed E-state index contributed by atoms with van der Waals surface area (Å²) in [7, 11) is -2.13. The van der Waals surface area contributed by atoms with Crippen LogP contribution in [0.5, 0.6) is 0 Å². The van der Waals surface area contributed by atoms with E-state index >= 15 is 0 Å². The Labute approximate surface area is 160 Å². The molecule has 148 valence electrons. The number of H-pyrrole nitrogens is 1. The van der Waals surface area contributed by atoms with Gasteiger partial charge in [-0.15, -0.1) is 12.4 Å². The first-order valence-corrected chi connectivity index (χ1v) is 10.2. The summed E-state index contributed by atoms with van der Waals surface area (Å²) in [5, 5.41) is 3.42. The lowest BCUT2D eigenvalue weighted by atomic mass is 9.92. The standard InChI is InChI=1S/C16H26N4O4S.ClH/c1-24-7-4-19-25(22,23)14-8-15(18-11-14)16(21)20-5-2-12-9-17-10-13(12)3-6-20;/h8,11-13,17-19H,2-7,9-10H2,1H3;1H/t12-,13+;. The van der Waals surface area contributed by atoms with Gasteiger partial charge in [-0.2, -0.15) is 0 Å². The molecule has 0 aromatic carbocycles. The number of sulfonamides is 1. The van der Waals surface area contributed by atoms with E-state index in [1.165, 1.54) is 19.4 Å². The van der Waals surface area contributed by atoms with E-state index in [2.05, 4.69) is 15.0 Å². The van der Waals surface area contributed by atoms with E-state index in [1.54, 1.807) is 0 Å². The highest BCUT2D eigenvalue weighted by Crippen LogP contribution is 2.27. The van der Waals surface area contributed by atoms with Crippen molar-refractivity contribution in [3.05, 3.63) is 18.0 Å². The zero-order valence-electron chi connectivity index (χ0n) is 14.9. The SMILES string of the molecule is COCCNS(=O)(=O)c1c[nH]c(C(=O)N2CC[C@@H]3CNC[C@@H]3CC2)c1.Cl. The van der Waals surface area contributed by atoms with E-state index in [-0.39, 0.29) is 29.8 Å². The number of rotatable bonds is 6. The zero-order chi connectivity index (χ0) is 17.9. The molecule has 10 heteroatoms. The summed E-state index contributed by atoms with van der Waals surface area (Å²) in [6.07, 6.45) is 3.35. The number of likely N-dealkylation sites (tertiary alicyclic amines) is 1. The Morgan fingerprint density at radius 1 is 1.31 bits per heavy atom. The monoisotopic (exact) mass is 406 g/mol. The van der Waals surface area contributed by atoms with Crippen LogP contribution in [0.15, 0.2) is 17.2 Å². The number of fused-ring (bicyclic) bond motifs is 1. The van der Waals surface area contributed by atoms with Crippen LogP contribution in [0.3, 0.4) is 0 Å². The van der Waals surface area contributed by atoms with Gasteiger partial charge in [0, 0.05) is 32.9 Å². The van der Waals surface area contributed by atoms with Crippen LogP contribution in [0.25, 0.3) is 0 Å². The Balaban J connectivity index is 0.00000243. The number of nitrogens with one attached hydrogen (secondary N) is 3.